The third kappa shape index (κ3) is 25.3. The molecule has 9 nitrogen and oxygen atoms in total. The van der Waals surface area contributed by atoms with Gasteiger partial charge in [-0.3, -0.25) is 19.9 Å². The Bertz CT molecular complexity index is 764. The van der Waals surface area contributed by atoms with E-state index in [1.807, 2.05) is 0 Å². The minimum Gasteiger partial charge on any atom is -0.447 e. The molecule has 0 saturated heterocycles. The van der Waals surface area contributed by atoms with E-state index in [4.69, 9.17) is 10.5 Å². The number of hydrogen-bond donors (Lipinski definition) is 4. The number of unbranched alkanes of at least 4 members (excludes halogenated alkanes) is 20. The molecule has 0 saturated carbocycles. The molecule has 5 N–H and O–H groups in total. The lowest BCUT2D eigenvalue weighted by Gasteiger charge is -2.18. The van der Waals surface area contributed by atoms with Crippen LogP contribution in [-0.4, -0.2) is 47.7 Å². The smallest absolute Gasteiger partial charge is 0.309 e. The van der Waals surface area contributed by atoms with Crippen LogP contribution in [0.15, 0.2) is 0 Å². The Hall–Kier alpha value is -1.23. The van der Waals surface area contributed by atoms with Gasteiger partial charge in [-0.15, -0.1) is 0 Å². The van der Waals surface area contributed by atoms with Crippen molar-refractivity contribution in [3.8, 4) is 0 Å². The van der Waals surface area contributed by atoms with Gasteiger partial charge in [0.1, 0.15) is 6.23 Å². The molecule has 10 heteroatoms. The van der Waals surface area contributed by atoms with E-state index in [1.165, 1.54) is 96.3 Å². The maximum Gasteiger partial charge on any atom is 0.309 e. The Morgan fingerprint density at radius 3 is 1.40 bits per heavy atom. The number of amides is 1. The van der Waals surface area contributed by atoms with Gasteiger partial charge >= 0.3 is 5.97 Å². The molecule has 1 amide bonds. The third-order valence-corrected chi connectivity index (χ3v) is 8.87. The number of nitrogens with two attached hydrogens (primary N) is 1. The van der Waals surface area contributed by atoms with Crippen molar-refractivity contribution in [2.75, 3.05) is 0 Å². The van der Waals surface area contributed by atoms with Crippen molar-refractivity contribution in [2.24, 2.45) is 5.73 Å². The second kappa shape index (κ2) is 27.3. The molecule has 0 aliphatic heterocycles. The number of carbonyl (C=O) groups is 2. The number of nitrogens with one attached hydrogen (secondary N) is 1. The molecular formula is C32H64N2O7S. The van der Waals surface area contributed by atoms with Crippen molar-refractivity contribution >= 4 is 22.0 Å². The number of hydrogen-bond acceptors (Lipinski definition) is 7. The number of rotatable bonds is 30. The standard InChI is InChI=1S/C32H64N2O7S/c1-3-5-7-9-11-13-15-17-19-21-23-25-29(33)41-31(36)27-28(42(38,39)40)32(37)34-30(35)26-24-22-20-18-16-14-12-10-8-6-4-2/h28-30,35H,3-27,33H2,1-2H3,(H,34,37)(H,38,39,40). The monoisotopic (exact) mass is 620 g/mol. The molecule has 0 aromatic rings. The summed E-state index contributed by atoms with van der Waals surface area (Å²) in [5.41, 5.74) is 5.87. The van der Waals surface area contributed by atoms with Crippen LogP contribution in [0, 0.1) is 0 Å². The quantitative estimate of drug-likeness (QED) is 0.0282. The SMILES string of the molecule is CCCCCCCCCCCCCC(O)NC(=O)C(CC(=O)OC(N)CCCCCCCCCCCCC)S(=O)(=O)O. The minimum atomic E-state index is -4.89. The molecule has 0 aromatic heterocycles. The Morgan fingerprint density at radius 2 is 1.02 bits per heavy atom. The fourth-order valence-corrected chi connectivity index (χ4v) is 5.79. The van der Waals surface area contributed by atoms with Gasteiger partial charge < -0.3 is 15.2 Å². The molecule has 3 atom stereocenters. The second-order valence-corrected chi connectivity index (χ2v) is 13.5. The van der Waals surface area contributed by atoms with Gasteiger partial charge in [-0.25, -0.2) is 0 Å². The summed E-state index contributed by atoms with van der Waals surface area (Å²) >= 11 is 0. The Balaban J connectivity index is 4.12. The van der Waals surface area contributed by atoms with E-state index >= 15 is 0 Å². The number of ether oxygens (including phenoxy) is 1. The van der Waals surface area contributed by atoms with E-state index in [2.05, 4.69) is 19.2 Å². The third-order valence-electron chi connectivity index (χ3n) is 7.77. The summed E-state index contributed by atoms with van der Waals surface area (Å²) in [6, 6.07) is 0. The lowest BCUT2D eigenvalue weighted by atomic mass is 10.1. The Morgan fingerprint density at radius 1 is 0.667 bits per heavy atom. The average molecular weight is 621 g/mol. The summed E-state index contributed by atoms with van der Waals surface area (Å²) < 4.78 is 38.2. The molecule has 0 spiro atoms. The van der Waals surface area contributed by atoms with Gasteiger partial charge in [0.05, 0.1) is 6.42 Å². The lowest BCUT2D eigenvalue weighted by Crippen LogP contribution is -2.46. The first-order valence-electron chi connectivity index (χ1n) is 17.0. The number of esters is 1. The molecule has 42 heavy (non-hydrogen) atoms. The Labute approximate surface area is 257 Å². The minimum absolute atomic E-state index is 0.259. The zero-order chi connectivity index (χ0) is 31.5. The van der Waals surface area contributed by atoms with Crippen LogP contribution in [0.2, 0.25) is 0 Å². The van der Waals surface area contributed by atoms with Gasteiger partial charge in [-0.05, 0) is 25.7 Å². The maximum absolute atomic E-state index is 12.5. The summed E-state index contributed by atoms with van der Waals surface area (Å²) in [6.45, 7) is 4.43. The highest BCUT2D eigenvalue weighted by Crippen LogP contribution is 2.15. The van der Waals surface area contributed by atoms with Gasteiger partial charge in [-0.2, -0.15) is 8.42 Å². The molecule has 0 aromatic carbocycles. The van der Waals surface area contributed by atoms with Crippen LogP contribution in [0.25, 0.3) is 0 Å². The molecule has 3 unspecified atom stereocenters. The average Bonchev–Trinajstić information content (AvgIpc) is 2.92. The first-order chi connectivity index (χ1) is 20.1. The van der Waals surface area contributed by atoms with E-state index < -0.39 is 46.1 Å². The van der Waals surface area contributed by atoms with Gasteiger partial charge in [0.15, 0.2) is 11.5 Å². The topological polar surface area (TPSA) is 156 Å². The van der Waals surface area contributed by atoms with Crippen molar-refractivity contribution in [1.29, 1.82) is 0 Å². The molecular weight excluding hydrogens is 556 g/mol. The van der Waals surface area contributed by atoms with Crippen molar-refractivity contribution in [2.45, 2.75) is 192 Å². The van der Waals surface area contributed by atoms with E-state index in [0.29, 0.717) is 12.8 Å². The van der Waals surface area contributed by atoms with E-state index in [1.54, 1.807) is 0 Å². The molecule has 0 aliphatic carbocycles. The summed E-state index contributed by atoms with van der Waals surface area (Å²) in [5, 5.41) is 10.3. The zero-order valence-electron chi connectivity index (χ0n) is 26.8. The second-order valence-electron chi connectivity index (χ2n) is 11.9. The fourth-order valence-electron chi connectivity index (χ4n) is 5.10. The largest absolute Gasteiger partial charge is 0.447 e. The van der Waals surface area contributed by atoms with E-state index in [0.717, 1.165) is 38.5 Å². The van der Waals surface area contributed by atoms with Crippen molar-refractivity contribution < 1.29 is 32.4 Å². The lowest BCUT2D eigenvalue weighted by molar-refractivity contribution is -0.150. The molecule has 0 aliphatic rings. The molecule has 0 fully saturated rings. The van der Waals surface area contributed by atoms with Crippen LogP contribution in [0.3, 0.4) is 0 Å². The highest BCUT2D eigenvalue weighted by atomic mass is 32.2. The number of aliphatic hydroxyl groups is 1. The normalized spacial score (nSPS) is 13.9. The predicted octanol–water partition coefficient (Wildman–Crippen LogP) is 7.30. The summed E-state index contributed by atoms with van der Waals surface area (Å²) in [5.74, 6) is -2.12. The molecule has 250 valence electrons. The van der Waals surface area contributed by atoms with Crippen molar-refractivity contribution in [1.82, 2.24) is 5.32 Å². The predicted molar refractivity (Wildman–Crippen MR) is 170 cm³/mol. The van der Waals surface area contributed by atoms with Crippen LogP contribution in [0.5, 0.6) is 0 Å². The van der Waals surface area contributed by atoms with Gasteiger partial charge in [0, 0.05) is 0 Å². The van der Waals surface area contributed by atoms with E-state index in [-0.39, 0.29) is 6.42 Å². The van der Waals surface area contributed by atoms with Gasteiger partial charge in [-0.1, -0.05) is 142 Å². The number of carbonyl (C=O) groups excluding carboxylic acids is 2. The van der Waals surface area contributed by atoms with Crippen molar-refractivity contribution in [3.05, 3.63) is 0 Å². The molecule has 0 radical (unpaired) electrons. The van der Waals surface area contributed by atoms with Gasteiger partial charge in [0.25, 0.3) is 10.1 Å². The number of aliphatic hydroxyl groups excluding tert-OH is 1. The van der Waals surface area contributed by atoms with E-state index in [9.17, 15) is 27.7 Å². The molecule has 0 rings (SSSR count). The molecule has 0 bridgehead atoms. The van der Waals surface area contributed by atoms with Crippen LogP contribution in [0.4, 0.5) is 0 Å². The fraction of sp³-hybridized carbons (Fsp3) is 0.938. The maximum atomic E-state index is 12.5. The first-order valence-corrected chi connectivity index (χ1v) is 18.5. The Kier molecular flexibility index (Phi) is 26.5. The molecule has 0 heterocycles. The highest BCUT2D eigenvalue weighted by molar-refractivity contribution is 7.87. The van der Waals surface area contributed by atoms with Gasteiger partial charge in [0.2, 0.25) is 5.91 Å². The highest BCUT2D eigenvalue weighted by Gasteiger charge is 2.35. The van der Waals surface area contributed by atoms with Crippen LogP contribution in [-0.2, 0) is 24.4 Å². The van der Waals surface area contributed by atoms with Crippen molar-refractivity contribution in [3.63, 3.8) is 0 Å². The van der Waals surface area contributed by atoms with Crippen LogP contribution in [0.1, 0.15) is 174 Å². The first kappa shape index (κ1) is 40.8. The summed E-state index contributed by atoms with van der Waals surface area (Å²) in [6.07, 6.45) is 23.3. The zero-order valence-corrected chi connectivity index (χ0v) is 27.6. The van der Waals surface area contributed by atoms with Crippen LogP contribution >= 0.6 is 0 Å². The van der Waals surface area contributed by atoms with Crippen LogP contribution < -0.4 is 11.1 Å². The summed E-state index contributed by atoms with van der Waals surface area (Å²) in [4.78, 5) is 24.7. The summed E-state index contributed by atoms with van der Waals surface area (Å²) in [7, 11) is -4.89.